The molecule has 112 valence electrons. The smallest absolute Gasteiger partial charge is 0.281 e. The zero-order valence-corrected chi connectivity index (χ0v) is 12.2. The number of rotatable bonds is 5. The molecule has 22 heavy (non-hydrogen) atoms. The summed E-state index contributed by atoms with van der Waals surface area (Å²) in [4.78, 5) is 48.5. The van der Waals surface area contributed by atoms with Crippen LogP contribution in [0.1, 0.15) is 33.8 Å². The predicted octanol–water partition coefficient (Wildman–Crippen LogP) is 0.948. The van der Waals surface area contributed by atoms with Gasteiger partial charge in [-0.05, 0) is 6.42 Å². The first-order valence-electron chi connectivity index (χ1n) is 6.53. The van der Waals surface area contributed by atoms with Crippen LogP contribution in [0, 0.1) is 0 Å². The standard InChI is InChI=1S/C13H11N5O3S/c19-8(17-13-16-5-7-22-13)2-1-6-18-11(20)9-10(12(18)21)15-4-3-14-9/h3-5,7H,1-2,6H2,(H,16,17,19). The van der Waals surface area contributed by atoms with Gasteiger partial charge < -0.3 is 5.32 Å². The second-order valence-corrected chi connectivity index (χ2v) is 5.40. The molecule has 0 unspecified atom stereocenters. The maximum Gasteiger partial charge on any atom is 0.281 e. The summed E-state index contributed by atoms with van der Waals surface area (Å²) < 4.78 is 0. The van der Waals surface area contributed by atoms with Crippen LogP contribution < -0.4 is 5.32 Å². The van der Waals surface area contributed by atoms with Crippen molar-refractivity contribution in [2.45, 2.75) is 12.8 Å². The highest BCUT2D eigenvalue weighted by Gasteiger charge is 2.37. The van der Waals surface area contributed by atoms with Crippen LogP contribution in [0.25, 0.3) is 0 Å². The van der Waals surface area contributed by atoms with Gasteiger partial charge in [-0.1, -0.05) is 0 Å². The lowest BCUT2D eigenvalue weighted by Crippen LogP contribution is -2.31. The van der Waals surface area contributed by atoms with E-state index in [1.807, 2.05) is 0 Å². The third kappa shape index (κ3) is 2.70. The maximum atomic E-state index is 12.0. The van der Waals surface area contributed by atoms with Crippen LogP contribution in [0.2, 0.25) is 0 Å². The van der Waals surface area contributed by atoms with Crippen molar-refractivity contribution in [3.8, 4) is 0 Å². The Labute approximate surface area is 129 Å². The molecule has 3 rings (SSSR count). The van der Waals surface area contributed by atoms with E-state index in [-0.39, 0.29) is 30.3 Å². The molecule has 0 fully saturated rings. The molecule has 0 bridgehead atoms. The van der Waals surface area contributed by atoms with E-state index < -0.39 is 11.8 Å². The Morgan fingerprint density at radius 1 is 1.09 bits per heavy atom. The van der Waals surface area contributed by atoms with Gasteiger partial charge in [0.05, 0.1) is 0 Å². The molecular weight excluding hydrogens is 306 g/mol. The lowest BCUT2D eigenvalue weighted by Gasteiger charge is -2.12. The molecule has 3 amide bonds. The summed E-state index contributed by atoms with van der Waals surface area (Å²) in [6.45, 7) is 0.154. The maximum absolute atomic E-state index is 12.0. The van der Waals surface area contributed by atoms with E-state index in [9.17, 15) is 14.4 Å². The molecule has 1 N–H and O–H groups in total. The summed E-state index contributed by atoms with van der Waals surface area (Å²) in [6.07, 6.45) is 4.89. The number of nitrogens with one attached hydrogen (secondary N) is 1. The quantitative estimate of drug-likeness (QED) is 0.823. The van der Waals surface area contributed by atoms with Gasteiger partial charge in [0, 0.05) is 36.9 Å². The molecule has 9 heteroatoms. The Morgan fingerprint density at radius 3 is 2.36 bits per heavy atom. The monoisotopic (exact) mass is 317 g/mol. The normalized spacial score (nSPS) is 13.4. The van der Waals surface area contributed by atoms with E-state index in [1.165, 1.54) is 23.7 Å². The van der Waals surface area contributed by atoms with Crippen LogP contribution in [0.4, 0.5) is 5.13 Å². The molecule has 3 heterocycles. The molecule has 2 aromatic heterocycles. The van der Waals surface area contributed by atoms with Crippen LogP contribution in [-0.2, 0) is 4.79 Å². The van der Waals surface area contributed by atoms with E-state index in [0.29, 0.717) is 11.6 Å². The van der Waals surface area contributed by atoms with Crippen LogP contribution in [0.5, 0.6) is 0 Å². The Bertz CT molecular complexity index is 696. The number of amides is 3. The zero-order chi connectivity index (χ0) is 15.5. The van der Waals surface area contributed by atoms with Crippen molar-refractivity contribution in [1.29, 1.82) is 0 Å². The third-order valence-electron chi connectivity index (χ3n) is 3.06. The number of thiazole rings is 1. The van der Waals surface area contributed by atoms with Gasteiger partial charge in [-0.2, -0.15) is 0 Å². The van der Waals surface area contributed by atoms with Gasteiger partial charge in [0.25, 0.3) is 11.8 Å². The van der Waals surface area contributed by atoms with Gasteiger partial charge in [-0.15, -0.1) is 11.3 Å². The molecule has 1 aliphatic heterocycles. The zero-order valence-electron chi connectivity index (χ0n) is 11.4. The second-order valence-electron chi connectivity index (χ2n) is 4.50. The summed E-state index contributed by atoms with van der Waals surface area (Å²) in [5.41, 5.74) is 0.138. The van der Waals surface area contributed by atoms with E-state index in [0.717, 1.165) is 4.90 Å². The topological polar surface area (TPSA) is 105 Å². The molecule has 0 saturated carbocycles. The minimum atomic E-state index is -0.464. The van der Waals surface area contributed by atoms with Crippen molar-refractivity contribution >= 4 is 34.2 Å². The first-order chi connectivity index (χ1) is 10.7. The Kier molecular flexibility index (Phi) is 3.88. The average molecular weight is 317 g/mol. The number of aromatic nitrogens is 3. The van der Waals surface area contributed by atoms with Crippen LogP contribution >= 0.6 is 11.3 Å². The van der Waals surface area contributed by atoms with Crippen molar-refractivity contribution in [2.24, 2.45) is 0 Å². The number of carbonyl (C=O) groups is 3. The van der Waals surface area contributed by atoms with Crippen molar-refractivity contribution in [3.63, 3.8) is 0 Å². The highest BCUT2D eigenvalue weighted by molar-refractivity contribution is 7.13. The van der Waals surface area contributed by atoms with Gasteiger partial charge in [0.1, 0.15) is 0 Å². The lowest BCUT2D eigenvalue weighted by molar-refractivity contribution is -0.116. The van der Waals surface area contributed by atoms with Gasteiger partial charge in [-0.25, -0.2) is 15.0 Å². The van der Waals surface area contributed by atoms with Crippen LogP contribution in [0.15, 0.2) is 24.0 Å². The molecule has 0 radical (unpaired) electrons. The van der Waals surface area contributed by atoms with Crippen LogP contribution in [0.3, 0.4) is 0 Å². The molecule has 2 aromatic rings. The molecule has 1 aliphatic rings. The fraction of sp³-hybridized carbons (Fsp3) is 0.231. The van der Waals surface area contributed by atoms with Gasteiger partial charge in [0.15, 0.2) is 16.5 Å². The summed E-state index contributed by atoms with van der Waals surface area (Å²) in [5, 5.41) is 4.93. The highest BCUT2D eigenvalue weighted by Crippen LogP contribution is 2.19. The van der Waals surface area contributed by atoms with Gasteiger partial charge in [-0.3, -0.25) is 19.3 Å². The first-order valence-corrected chi connectivity index (χ1v) is 7.41. The largest absolute Gasteiger partial charge is 0.302 e. The summed E-state index contributed by atoms with van der Waals surface area (Å²) >= 11 is 1.32. The van der Waals surface area contributed by atoms with Crippen molar-refractivity contribution in [2.75, 3.05) is 11.9 Å². The van der Waals surface area contributed by atoms with Crippen molar-refractivity contribution < 1.29 is 14.4 Å². The number of fused-ring (bicyclic) bond motifs is 1. The van der Waals surface area contributed by atoms with E-state index >= 15 is 0 Å². The summed E-state index contributed by atoms with van der Waals surface area (Å²) in [6, 6.07) is 0. The molecular formula is C13H11N5O3S. The minimum absolute atomic E-state index is 0.0692. The Balaban J connectivity index is 1.54. The van der Waals surface area contributed by atoms with E-state index in [4.69, 9.17) is 0 Å². The second kappa shape index (κ2) is 5.98. The number of imide groups is 1. The average Bonchev–Trinajstić information content (AvgIpc) is 3.10. The molecule has 0 atom stereocenters. The molecule has 8 nitrogen and oxygen atoms in total. The summed E-state index contributed by atoms with van der Waals surface area (Å²) in [7, 11) is 0. The number of nitrogens with zero attached hydrogens (tertiary/aromatic N) is 4. The molecule has 0 spiro atoms. The summed E-state index contributed by atoms with van der Waals surface area (Å²) in [5.74, 6) is -1.13. The molecule has 0 aliphatic carbocycles. The number of hydrogen-bond donors (Lipinski definition) is 1. The number of hydrogen-bond acceptors (Lipinski definition) is 7. The fourth-order valence-corrected chi connectivity index (χ4v) is 2.61. The highest BCUT2D eigenvalue weighted by atomic mass is 32.1. The van der Waals surface area contributed by atoms with Gasteiger partial charge >= 0.3 is 0 Å². The lowest BCUT2D eigenvalue weighted by atomic mass is 10.3. The first kappa shape index (κ1) is 14.3. The minimum Gasteiger partial charge on any atom is -0.302 e. The molecule has 0 saturated heterocycles. The number of anilines is 1. The van der Waals surface area contributed by atoms with E-state index in [1.54, 1.807) is 11.6 Å². The van der Waals surface area contributed by atoms with Crippen molar-refractivity contribution in [1.82, 2.24) is 19.9 Å². The molecule has 0 aromatic carbocycles. The van der Waals surface area contributed by atoms with Gasteiger partial charge in [0.2, 0.25) is 5.91 Å². The predicted molar refractivity (Wildman–Crippen MR) is 77.4 cm³/mol. The van der Waals surface area contributed by atoms with Crippen molar-refractivity contribution in [3.05, 3.63) is 35.4 Å². The SMILES string of the molecule is O=C(CCCN1C(=O)c2nccnc2C1=O)Nc1nccs1. The van der Waals surface area contributed by atoms with Crippen LogP contribution in [-0.4, -0.2) is 44.1 Å². The fourth-order valence-electron chi connectivity index (χ4n) is 2.07. The third-order valence-corrected chi connectivity index (χ3v) is 3.75. The van der Waals surface area contributed by atoms with E-state index in [2.05, 4.69) is 20.3 Å². The Morgan fingerprint density at radius 2 is 1.77 bits per heavy atom. The Hall–Kier alpha value is -2.68. The number of carbonyl (C=O) groups excluding carboxylic acids is 3.